The summed E-state index contributed by atoms with van der Waals surface area (Å²) in [6.45, 7) is 6.13. The van der Waals surface area contributed by atoms with Crippen LogP contribution >= 0.6 is 0 Å². The summed E-state index contributed by atoms with van der Waals surface area (Å²) in [6.07, 6.45) is 4.02. The molecule has 1 aromatic rings. The molecule has 4 heteroatoms. The normalized spacial score (nSPS) is 25.7. The highest BCUT2D eigenvalue weighted by Crippen LogP contribution is 2.40. The second-order valence-electron chi connectivity index (χ2n) is 8.75. The van der Waals surface area contributed by atoms with Crippen molar-refractivity contribution in [3.8, 4) is 0 Å². The predicted octanol–water partition coefficient (Wildman–Crippen LogP) is 4.11. The first kappa shape index (κ1) is 18.8. The standard InChI is InChI=1S/C22H28O4/c1-22(2,3)18-9-7-14(8-10-18)19(23)13-26-21(25)17-11-15-5-4-6-16(12-17)20(15)24/h7-10,15-17H,4-6,11-13H2,1-3H3/t15-,16+,17?. The second-order valence-corrected chi connectivity index (χ2v) is 8.75. The first-order valence-electron chi connectivity index (χ1n) is 9.60. The molecule has 2 saturated carbocycles. The van der Waals surface area contributed by atoms with Crippen LogP contribution in [0.1, 0.15) is 68.8 Å². The minimum Gasteiger partial charge on any atom is -0.457 e. The summed E-state index contributed by atoms with van der Waals surface area (Å²) in [5.74, 6) is -0.393. The fraction of sp³-hybridized carbons (Fsp3) is 0.591. The maximum atomic E-state index is 12.4. The Kier molecular flexibility index (Phi) is 5.31. The van der Waals surface area contributed by atoms with E-state index in [0.717, 1.165) is 24.8 Å². The summed E-state index contributed by atoms with van der Waals surface area (Å²) in [5.41, 5.74) is 1.75. The first-order chi connectivity index (χ1) is 12.3. The molecule has 0 N–H and O–H groups in total. The predicted molar refractivity (Wildman–Crippen MR) is 99.0 cm³/mol. The van der Waals surface area contributed by atoms with E-state index in [1.54, 1.807) is 12.1 Å². The number of carbonyl (C=O) groups is 3. The summed E-state index contributed by atoms with van der Waals surface area (Å²) < 4.78 is 5.30. The van der Waals surface area contributed by atoms with Gasteiger partial charge in [0.15, 0.2) is 12.4 Å². The average molecular weight is 356 g/mol. The van der Waals surface area contributed by atoms with Crippen molar-refractivity contribution in [3.05, 3.63) is 35.4 Å². The van der Waals surface area contributed by atoms with Crippen LogP contribution in [0.25, 0.3) is 0 Å². The van der Waals surface area contributed by atoms with E-state index in [1.807, 2.05) is 12.1 Å². The lowest BCUT2D eigenvalue weighted by Crippen LogP contribution is -2.39. The molecule has 2 bridgehead atoms. The number of fused-ring (bicyclic) bond motifs is 2. The van der Waals surface area contributed by atoms with Gasteiger partial charge in [-0.1, -0.05) is 51.5 Å². The van der Waals surface area contributed by atoms with Gasteiger partial charge in [0, 0.05) is 17.4 Å². The van der Waals surface area contributed by atoms with Crippen molar-refractivity contribution >= 4 is 17.5 Å². The van der Waals surface area contributed by atoms with Gasteiger partial charge in [0.25, 0.3) is 0 Å². The average Bonchev–Trinajstić information content (AvgIpc) is 2.58. The highest BCUT2D eigenvalue weighted by molar-refractivity contribution is 5.98. The van der Waals surface area contributed by atoms with Crippen molar-refractivity contribution in [1.82, 2.24) is 0 Å². The monoisotopic (exact) mass is 356 g/mol. The molecule has 2 aliphatic carbocycles. The van der Waals surface area contributed by atoms with Gasteiger partial charge in [0.1, 0.15) is 5.78 Å². The van der Waals surface area contributed by atoms with Gasteiger partial charge in [-0.05, 0) is 36.7 Å². The van der Waals surface area contributed by atoms with Gasteiger partial charge in [0.2, 0.25) is 0 Å². The summed E-state index contributed by atoms with van der Waals surface area (Å²) in [7, 11) is 0. The van der Waals surface area contributed by atoms with E-state index in [4.69, 9.17) is 4.74 Å². The summed E-state index contributed by atoms with van der Waals surface area (Å²) in [5, 5.41) is 0. The van der Waals surface area contributed by atoms with Crippen LogP contribution in [0.4, 0.5) is 0 Å². The molecular formula is C22H28O4. The Balaban J connectivity index is 1.54. The van der Waals surface area contributed by atoms with Crippen LogP contribution < -0.4 is 0 Å². The van der Waals surface area contributed by atoms with Crippen LogP contribution in [0.2, 0.25) is 0 Å². The van der Waals surface area contributed by atoms with E-state index in [9.17, 15) is 14.4 Å². The van der Waals surface area contributed by atoms with Crippen LogP contribution in [0.15, 0.2) is 24.3 Å². The molecule has 140 valence electrons. The van der Waals surface area contributed by atoms with Crippen molar-refractivity contribution in [1.29, 1.82) is 0 Å². The molecule has 2 aliphatic rings. The third-order valence-corrected chi connectivity index (χ3v) is 5.80. The molecule has 4 nitrogen and oxygen atoms in total. The second kappa shape index (κ2) is 7.34. The molecule has 2 fully saturated rings. The summed E-state index contributed by atoms with van der Waals surface area (Å²) >= 11 is 0. The Hall–Kier alpha value is -1.97. The number of ketones is 2. The van der Waals surface area contributed by atoms with Crippen molar-refractivity contribution in [3.63, 3.8) is 0 Å². The van der Waals surface area contributed by atoms with Gasteiger partial charge in [-0.3, -0.25) is 14.4 Å². The minimum absolute atomic E-state index is 0.0145. The summed E-state index contributed by atoms with van der Waals surface area (Å²) in [4.78, 5) is 36.8. The van der Waals surface area contributed by atoms with E-state index >= 15 is 0 Å². The van der Waals surface area contributed by atoms with Gasteiger partial charge in [-0.2, -0.15) is 0 Å². The Morgan fingerprint density at radius 3 is 2.15 bits per heavy atom. The molecule has 0 radical (unpaired) electrons. The van der Waals surface area contributed by atoms with Crippen molar-refractivity contribution in [2.45, 2.75) is 58.3 Å². The molecule has 0 saturated heterocycles. The number of esters is 1. The van der Waals surface area contributed by atoms with Crippen LogP contribution in [0.3, 0.4) is 0 Å². The lowest BCUT2D eigenvalue weighted by molar-refractivity contribution is -0.152. The largest absolute Gasteiger partial charge is 0.457 e. The molecule has 3 atom stereocenters. The number of hydrogen-bond acceptors (Lipinski definition) is 4. The molecule has 1 unspecified atom stereocenters. The van der Waals surface area contributed by atoms with Gasteiger partial charge in [-0.25, -0.2) is 0 Å². The third kappa shape index (κ3) is 4.05. The van der Waals surface area contributed by atoms with Crippen molar-refractivity contribution in [2.24, 2.45) is 17.8 Å². The zero-order valence-corrected chi connectivity index (χ0v) is 15.9. The third-order valence-electron chi connectivity index (χ3n) is 5.80. The van der Waals surface area contributed by atoms with Crippen LogP contribution in [-0.2, 0) is 19.7 Å². The molecule has 0 aromatic heterocycles. The lowest BCUT2D eigenvalue weighted by Gasteiger charge is -2.36. The number of ether oxygens (including phenoxy) is 1. The van der Waals surface area contributed by atoms with Gasteiger partial charge in [0.05, 0.1) is 5.92 Å². The van der Waals surface area contributed by atoms with Gasteiger partial charge >= 0.3 is 5.97 Å². The highest BCUT2D eigenvalue weighted by atomic mass is 16.5. The van der Waals surface area contributed by atoms with Crippen molar-refractivity contribution < 1.29 is 19.1 Å². The van der Waals surface area contributed by atoms with E-state index in [2.05, 4.69) is 20.8 Å². The maximum absolute atomic E-state index is 12.4. The Morgan fingerprint density at radius 1 is 1.04 bits per heavy atom. The number of carbonyl (C=O) groups excluding carboxylic acids is 3. The molecule has 0 heterocycles. The zero-order chi connectivity index (χ0) is 18.9. The number of rotatable bonds is 4. The molecule has 3 rings (SSSR count). The first-order valence-corrected chi connectivity index (χ1v) is 9.60. The molecule has 0 spiro atoms. The fourth-order valence-corrected chi connectivity index (χ4v) is 4.17. The molecule has 26 heavy (non-hydrogen) atoms. The molecule has 0 aliphatic heterocycles. The quantitative estimate of drug-likeness (QED) is 0.602. The number of benzene rings is 1. The minimum atomic E-state index is -0.325. The Morgan fingerprint density at radius 2 is 1.62 bits per heavy atom. The van der Waals surface area contributed by atoms with Crippen LogP contribution in [0, 0.1) is 17.8 Å². The van der Waals surface area contributed by atoms with E-state index in [0.29, 0.717) is 24.2 Å². The van der Waals surface area contributed by atoms with Crippen LogP contribution in [-0.4, -0.2) is 24.1 Å². The maximum Gasteiger partial charge on any atom is 0.309 e. The molecular weight excluding hydrogens is 328 g/mol. The lowest BCUT2D eigenvalue weighted by atomic mass is 9.67. The number of Topliss-reactive ketones (excluding diaryl/α,β-unsaturated/α-hetero) is 2. The SMILES string of the molecule is CC(C)(C)c1ccc(C(=O)COC(=O)C2C[C@H]3CCC[C@@H](C2)C3=O)cc1. The van der Waals surface area contributed by atoms with E-state index in [-0.39, 0.29) is 41.5 Å². The number of hydrogen-bond donors (Lipinski definition) is 0. The van der Waals surface area contributed by atoms with E-state index in [1.165, 1.54) is 0 Å². The zero-order valence-electron chi connectivity index (χ0n) is 15.9. The Bertz CT molecular complexity index is 680. The van der Waals surface area contributed by atoms with E-state index < -0.39 is 0 Å². The Labute approximate surface area is 155 Å². The van der Waals surface area contributed by atoms with Gasteiger partial charge < -0.3 is 4.74 Å². The smallest absolute Gasteiger partial charge is 0.309 e. The topological polar surface area (TPSA) is 60.4 Å². The van der Waals surface area contributed by atoms with Crippen LogP contribution in [0.5, 0.6) is 0 Å². The van der Waals surface area contributed by atoms with Gasteiger partial charge in [-0.15, -0.1) is 0 Å². The summed E-state index contributed by atoms with van der Waals surface area (Å²) in [6, 6.07) is 7.48. The highest BCUT2D eigenvalue weighted by Gasteiger charge is 2.41. The molecule has 0 amide bonds. The van der Waals surface area contributed by atoms with Crippen molar-refractivity contribution in [2.75, 3.05) is 6.61 Å². The fourth-order valence-electron chi connectivity index (χ4n) is 4.17. The molecule has 1 aromatic carbocycles.